The van der Waals surface area contributed by atoms with Crippen molar-refractivity contribution in [1.29, 1.82) is 5.41 Å². The number of rotatable bonds is 3. The highest BCUT2D eigenvalue weighted by Gasteiger charge is 2.14. The van der Waals surface area contributed by atoms with E-state index in [1.807, 2.05) is 0 Å². The Morgan fingerprint density at radius 3 is 2.73 bits per heavy atom. The molecule has 0 bridgehead atoms. The molecule has 1 aliphatic heterocycles. The highest BCUT2D eigenvalue weighted by Crippen LogP contribution is 2.16. The lowest BCUT2D eigenvalue weighted by Crippen LogP contribution is -2.32. The molecule has 1 heterocycles. The quantitative estimate of drug-likeness (QED) is 0.515. The summed E-state index contributed by atoms with van der Waals surface area (Å²) in [6.45, 7) is 2.24. The first kappa shape index (κ1) is 8.68. The summed E-state index contributed by atoms with van der Waals surface area (Å²) in [4.78, 5) is 0. The molecule has 1 saturated heterocycles. The highest BCUT2D eigenvalue weighted by molar-refractivity contribution is 5.60. The van der Waals surface area contributed by atoms with Crippen LogP contribution in [0.2, 0.25) is 0 Å². The molecule has 11 heavy (non-hydrogen) atoms. The second-order valence-corrected chi connectivity index (χ2v) is 3.26. The van der Waals surface area contributed by atoms with Gasteiger partial charge in [0.05, 0.1) is 0 Å². The van der Waals surface area contributed by atoms with Crippen LogP contribution >= 0.6 is 0 Å². The van der Waals surface area contributed by atoms with Crippen LogP contribution in [0.15, 0.2) is 0 Å². The van der Waals surface area contributed by atoms with Crippen molar-refractivity contribution in [2.24, 2.45) is 11.7 Å². The van der Waals surface area contributed by atoms with E-state index in [0.717, 1.165) is 25.4 Å². The number of hydrogen-bond acceptors (Lipinski definition) is 3. The Kier molecular flexibility index (Phi) is 3.52. The Labute approximate surface area is 67.9 Å². The van der Waals surface area contributed by atoms with Gasteiger partial charge in [0.1, 0.15) is 0 Å². The summed E-state index contributed by atoms with van der Waals surface area (Å²) in [5, 5.41) is 10.3. The monoisotopic (exact) mass is 155 g/mol. The normalized spacial score (nSPS) is 23.0. The Hall–Kier alpha value is -0.410. The summed E-state index contributed by atoms with van der Waals surface area (Å²) < 4.78 is 0. The fourth-order valence-electron chi connectivity index (χ4n) is 1.57. The van der Waals surface area contributed by atoms with Crippen LogP contribution in [0.3, 0.4) is 0 Å². The molecule has 1 aliphatic rings. The first-order valence-corrected chi connectivity index (χ1v) is 4.30. The van der Waals surface area contributed by atoms with E-state index in [1.54, 1.807) is 0 Å². The van der Waals surface area contributed by atoms with Gasteiger partial charge in [-0.2, -0.15) is 0 Å². The maximum atomic E-state index is 6.96. The zero-order chi connectivity index (χ0) is 8.10. The van der Waals surface area contributed by atoms with E-state index in [0.29, 0.717) is 0 Å². The summed E-state index contributed by atoms with van der Waals surface area (Å²) in [6.07, 6.45) is 4.79. The molecule has 3 nitrogen and oxygen atoms in total. The van der Waals surface area contributed by atoms with E-state index in [-0.39, 0.29) is 6.04 Å². The predicted octanol–water partition coefficient (Wildman–Crippen LogP) is 0.353. The van der Waals surface area contributed by atoms with Crippen molar-refractivity contribution >= 4 is 6.21 Å². The Balaban J connectivity index is 2.18. The van der Waals surface area contributed by atoms with Gasteiger partial charge in [0.25, 0.3) is 0 Å². The van der Waals surface area contributed by atoms with Crippen LogP contribution in [0.5, 0.6) is 0 Å². The van der Waals surface area contributed by atoms with Crippen LogP contribution in [0.25, 0.3) is 0 Å². The summed E-state index contributed by atoms with van der Waals surface area (Å²) in [6, 6.07) is -0.0156. The lowest BCUT2D eigenvalue weighted by Gasteiger charge is -2.23. The van der Waals surface area contributed by atoms with Crippen molar-refractivity contribution < 1.29 is 0 Å². The van der Waals surface area contributed by atoms with Gasteiger partial charge >= 0.3 is 0 Å². The summed E-state index contributed by atoms with van der Waals surface area (Å²) in [5.74, 6) is 0.743. The van der Waals surface area contributed by atoms with Gasteiger partial charge in [-0.15, -0.1) is 0 Å². The standard InChI is InChI=1S/C8H17N3/c9-6-8(10)5-7-1-3-11-4-2-7/h6-9,11H,1-5,10H2. The zero-order valence-corrected chi connectivity index (χ0v) is 6.84. The summed E-state index contributed by atoms with van der Waals surface area (Å²) in [5.41, 5.74) is 5.64. The number of hydrogen-bond donors (Lipinski definition) is 3. The molecule has 1 atom stereocenters. The molecule has 4 N–H and O–H groups in total. The second-order valence-electron chi connectivity index (χ2n) is 3.26. The van der Waals surface area contributed by atoms with Crippen molar-refractivity contribution in [2.45, 2.75) is 25.3 Å². The molecule has 1 rings (SSSR count). The van der Waals surface area contributed by atoms with E-state index in [9.17, 15) is 0 Å². The Bertz CT molecular complexity index is 119. The first-order valence-electron chi connectivity index (χ1n) is 4.30. The molecule has 0 amide bonds. The van der Waals surface area contributed by atoms with Gasteiger partial charge in [0.15, 0.2) is 0 Å². The lowest BCUT2D eigenvalue weighted by atomic mass is 9.92. The van der Waals surface area contributed by atoms with Crippen LogP contribution in [0, 0.1) is 11.3 Å². The van der Waals surface area contributed by atoms with Gasteiger partial charge in [-0.05, 0) is 38.3 Å². The van der Waals surface area contributed by atoms with Crippen molar-refractivity contribution in [3.63, 3.8) is 0 Å². The average molecular weight is 155 g/mol. The van der Waals surface area contributed by atoms with Crippen molar-refractivity contribution in [3.05, 3.63) is 0 Å². The number of piperidine rings is 1. The topological polar surface area (TPSA) is 61.9 Å². The maximum Gasteiger partial charge on any atom is 0.0395 e. The molecule has 64 valence electrons. The van der Waals surface area contributed by atoms with Crippen LogP contribution in [-0.4, -0.2) is 25.3 Å². The predicted molar refractivity (Wildman–Crippen MR) is 47.0 cm³/mol. The number of nitrogens with one attached hydrogen (secondary N) is 2. The largest absolute Gasteiger partial charge is 0.323 e. The van der Waals surface area contributed by atoms with Crippen molar-refractivity contribution in [1.82, 2.24) is 5.32 Å². The third kappa shape index (κ3) is 2.99. The van der Waals surface area contributed by atoms with E-state index >= 15 is 0 Å². The summed E-state index contributed by atoms with van der Waals surface area (Å²) in [7, 11) is 0. The van der Waals surface area contributed by atoms with E-state index in [4.69, 9.17) is 11.1 Å². The molecule has 0 aromatic carbocycles. The molecule has 0 aromatic rings. The molecule has 3 heteroatoms. The summed E-state index contributed by atoms with van der Waals surface area (Å²) >= 11 is 0. The minimum absolute atomic E-state index is 0.0156. The molecule has 0 radical (unpaired) electrons. The molecular weight excluding hydrogens is 138 g/mol. The Morgan fingerprint density at radius 2 is 2.18 bits per heavy atom. The van der Waals surface area contributed by atoms with Gasteiger partial charge in [-0.25, -0.2) is 0 Å². The molecule has 1 fully saturated rings. The van der Waals surface area contributed by atoms with Gasteiger partial charge in [-0.3, -0.25) is 0 Å². The smallest absolute Gasteiger partial charge is 0.0395 e. The minimum Gasteiger partial charge on any atom is -0.323 e. The second kappa shape index (κ2) is 4.46. The van der Waals surface area contributed by atoms with Crippen LogP contribution < -0.4 is 11.1 Å². The SMILES string of the molecule is N=CC(N)CC1CCNCC1. The lowest BCUT2D eigenvalue weighted by molar-refractivity contribution is 0.349. The molecule has 0 aliphatic carbocycles. The zero-order valence-electron chi connectivity index (χ0n) is 6.84. The Morgan fingerprint density at radius 1 is 1.55 bits per heavy atom. The maximum absolute atomic E-state index is 6.96. The van der Waals surface area contributed by atoms with E-state index in [2.05, 4.69) is 5.32 Å². The minimum atomic E-state index is -0.0156. The van der Waals surface area contributed by atoms with Gasteiger partial charge in [0, 0.05) is 12.3 Å². The van der Waals surface area contributed by atoms with E-state index in [1.165, 1.54) is 19.1 Å². The third-order valence-electron chi connectivity index (χ3n) is 2.28. The fraction of sp³-hybridized carbons (Fsp3) is 0.875. The van der Waals surface area contributed by atoms with Crippen LogP contribution in [0.4, 0.5) is 0 Å². The van der Waals surface area contributed by atoms with Gasteiger partial charge in [-0.1, -0.05) is 0 Å². The highest BCUT2D eigenvalue weighted by atomic mass is 14.9. The fourth-order valence-corrected chi connectivity index (χ4v) is 1.57. The molecule has 0 aromatic heterocycles. The first-order chi connectivity index (χ1) is 5.33. The van der Waals surface area contributed by atoms with Gasteiger partial charge in [0.2, 0.25) is 0 Å². The van der Waals surface area contributed by atoms with Gasteiger partial charge < -0.3 is 16.5 Å². The van der Waals surface area contributed by atoms with Crippen molar-refractivity contribution in [3.8, 4) is 0 Å². The third-order valence-corrected chi connectivity index (χ3v) is 2.28. The average Bonchev–Trinajstić information content (AvgIpc) is 2.06. The van der Waals surface area contributed by atoms with E-state index < -0.39 is 0 Å². The molecule has 0 saturated carbocycles. The van der Waals surface area contributed by atoms with Crippen molar-refractivity contribution in [2.75, 3.05) is 13.1 Å². The van der Waals surface area contributed by atoms with Crippen LogP contribution in [0.1, 0.15) is 19.3 Å². The molecule has 0 spiro atoms. The molecule has 1 unspecified atom stereocenters. The molecular formula is C8H17N3. The number of nitrogens with two attached hydrogens (primary N) is 1. The van der Waals surface area contributed by atoms with Crippen LogP contribution in [-0.2, 0) is 0 Å².